The van der Waals surface area contributed by atoms with Crippen molar-refractivity contribution >= 4 is 34.1 Å². The van der Waals surface area contributed by atoms with Crippen LogP contribution in [0.25, 0.3) is 16.6 Å². The molecule has 3 rings (SSSR count). The summed E-state index contributed by atoms with van der Waals surface area (Å²) < 4.78 is 1.34. The molecule has 20 heavy (non-hydrogen) atoms. The third-order valence-corrected chi connectivity index (χ3v) is 3.77. The van der Waals surface area contributed by atoms with Crippen LogP contribution in [0.3, 0.4) is 0 Å². The van der Waals surface area contributed by atoms with Crippen molar-refractivity contribution in [1.29, 1.82) is 0 Å². The Hall–Kier alpha value is -2.04. The number of para-hydroxylation sites is 1. The van der Waals surface area contributed by atoms with Crippen molar-refractivity contribution in [3.8, 4) is 5.69 Å². The Bertz CT molecular complexity index is 914. The fourth-order valence-electron chi connectivity index (χ4n) is 2.09. The molecule has 6 heteroatoms. The van der Waals surface area contributed by atoms with E-state index in [1.165, 1.54) is 10.6 Å². The Morgan fingerprint density at radius 3 is 2.35 bits per heavy atom. The van der Waals surface area contributed by atoms with Gasteiger partial charge < -0.3 is 0 Å². The lowest BCUT2D eigenvalue weighted by Gasteiger charge is -2.11. The van der Waals surface area contributed by atoms with Crippen molar-refractivity contribution in [1.82, 2.24) is 9.55 Å². The average molecular weight is 307 g/mol. The van der Waals surface area contributed by atoms with E-state index in [9.17, 15) is 9.59 Å². The molecule has 0 aliphatic carbocycles. The Balaban J connectivity index is 2.58. The van der Waals surface area contributed by atoms with Crippen LogP contribution in [0, 0.1) is 0 Å². The Labute approximate surface area is 123 Å². The molecule has 0 saturated carbocycles. The van der Waals surface area contributed by atoms with Crippen LogP contribution >= 0.6 is 23.2 Å². The van der Waals surface area contributed by atoms with Crippen molar-refractivity contribution < 1.29 is 0 Å². The van der Waals surface area contributed by atoms with Gasteiger partial charge in [0.05, 0.1) is 26.6 Å². The van der Waals surface area contributed by atoms with Crippen LogP contribution in [0.5, 0.6) is 0 Å². The summed E-state index contributed by atoms with van der Waals surface area (Å²) in [6.07, 6.45) is 0. The first kappa shape index (κ1) is 13.0. The molecule has 4 nitrogen and oxygen atoms in total. The van der Waals surface area contributed by atoms with Gasteiger partial charge in [0.25, 0.3) is 5.56 Å². The van der Waals surface area contributed by atoms with Gasteiger partial charge >= 0.3 is 5.69 Å². The minimum absolute atomic E-state index is 0.177. The minimum atomic E-state index is -0.558. The highest BCUT2D eigenvalue weighted by atomic mass is 35.5. The molecular formula is C14H8Cl2N2O2. The number of rotatable bonds is 1. The molecule has 100 valence electrons. The predicted octanol–water partition coefficient (Wildman–Crippen LogP) is 2.99. The van der Waals surface area contributed by atoms with Gasteiger partial charge in [-0.05, 0) is 24.3 Å². The van der Waals surface area contributed by atoms with E-state index in [1.54, 1.807) is 30.3 Å². The summed E-state index contributed by atoms with van der Waals surface area (Å²) in [6, 6.07) is 12.0. The smallest absolute Gasteiger partial charge is 0.273 e. The van der Waals surface area contributed by atoms with E-state index in [2.05, 4.69) is 4.98 Å². The molecule has 1 heterocycles. The van der Waals surface area contributed by atoms with E-state index in [0.717, 1.165) is 0 Å². The van der Waals surface area contributed by atoms with Gasteiger partial charge in [-0.25, -0.2) is 4.79 Å². The van der Waals surface area contributed by atoms with Crippen LogP contribution in [0.2, 0.25) is 10.0 Å². The van der Waals surface area contributed by atoms with Crippen LogP contribution in [0.1, 0.15) is 0 Å². The largest absolute Gasteiger partial charge is 0.333 e. The number of hydrogen-bond acceptors (Lipinski definition) is 2. The molecule has 1 aromatic heterocycles. The second-order valence-corrected chi connectivity index (χ2v) is 4.97. The molecule has 0 saturated heterocycles. The zero-order valence-corrected chi connectivity index (χ0v) is 11.6. The van der Waals surface area contributed by atoms with Gasteiger partial charge in [-0.1, -0.05) is 41.4 Å². The highest BCUT2D eigenvalue weighted by Crippen LogP contribution is 2.29. The fourth-order valence-corrected chi connectivity index (χ4v) is 2.49. The summed E-state index contributed by atoms with van der Waals surface area (Å²) in [7, 11) is 0. The normalized spacial score (nSPS) is 10.9. The van der Waals surface area contributed by atoms with Gasteiger partial charge in [-0.3, -0.25) is 14.3 Å². The number of aromatic amines is 1. The van der Waals surface area contributed by atoms with E-state index < -0.39 is 11.2 Å². The van der Waals surface area contributed by atoms with Crippen molar-refractivity contribution in [2.75, 3.05) is 0 Å². The first-order chi connectivity index (χ1) is 9.59. The maximum Gasteiger partial charge on any atom is 0.333 e. The lowest BCUT2D eigenvalue weighted by atomic mass is 10.2. The molecule has 0 aliphatic rings. The number of aromatic nitrogens is 2. The van der Waals surface area contributed by atoms with Gasteiger partial charge in [0.2, 0.25) is 0 Å². The number of hydrogen-bond donors (Lipinski definition) is 1. The summed E-state index contributed by atoms with van der Waals surface area (Å²) in [5, 5.41) is 0.771. The molecule has 0 fully saturated rings. The highest BCUT2D eigenvalue weighted by molar-refractivity contribution is 6.45. The summed E-state index contributed by atoms with van der Waals surface area (Å²) in [5.74, 6) is 0. The Morgan fingerprint density at radius 1 is 0.950 bits per heavy atom. The number of fused-ring (bicyclic) bond motifs is 1. The predicted molar refractivity (Wildman–Crippen MR) is 80.2 cm³/mol. The van der Waals surface area contributed by atoms with Gasteiger partial charge in [0.15, 0.2) is 0 Å². The van der Waals surface area contributed by atoms with Gasteiger partial charge in [-0.2, -0.15) is 0 Å². The van der Waals surface area contributed by atoms with Gasteiger partial charge in [0.1, 0.15) is 0 Å². The first-order valence-corrected chi connectivity index (χ1v) is 6.53. The van der Waals surface area contributed by atoms with E-state index in [0.29, 0.717) is 16.6 Å². The summed E-state index contributed by atoms with van der Waals surface area (Å²) in [6.45, 7) is 0. The maximum atomic E-state index is 12.1. The number of nitrogens with one attached hydrogen (secondary N) is 1. The second kappa shape index (κ2) is 4.81. The van der Waals surface area contributed by atoms with Gasteiger partial charge in [0, 0.05) is 0 Å². The van der Waals surface area contributed by atoms with Crippen molar-refractivity contribution in [2.24, 2.45) is 0 Å². The van der Waals surface area contributed by atoms with Crippen LogP contribution in [0.4, 0.5) is 0 Å². The van der Waals surface area contributed by atoms with Gasteiger partial charge in [-0.15, -0.1) is 0 Å². The van der Waals surface area contributed by atoms with Crippen molar-refractivity contribution in [3.63, 3.8) is 0 Å². The summed E-state index contributed by atoms with van der Waals surface area (Å²) in [4.78, 5) is 26.3. The van der Waals surface area contributed by atoms with Crippen LogP contribution in [-0.4, -0.2) is 9.55 Å². The standard InChI is InChI=1S/C14H8Cl2N2O2/c15-10-7-6-9-12(11(10)16)18(14(20)17-13(9)19)8-4-2-1-3-5-8/h1-7H,(H,17,19,20). The third-order valence-electron chi connectivity index (χ3n) is 2.98. The Kier molecular flexibility index (Phi) is 3.12. The number of nitrogens with zero attached hydrogens (tertiary/aromatic N) is 1. The van der Waals surface area contributed by atoms with E-state index >= 15 is 0 Å². The van der Waals surface area contributed by atoms with Crippen LogP contribution in [0.15, 0.2) is 52.1 Å². The van der Waals surface area contributed by atoms with Crippen LogP contribution < -0.4 is 11.2 Å². The summed E-state index contributed by atoms with van der Waals surface area (Å²) in [5.41, 5.74) is -0.143. The number of halogens is 2. The fraction of sp³-hybridized carbons (Fsp3) is 0. The molecule has 0 spiro atoms. The lowest BCUT2D eigenvalue weighted by Crippen LogP contribution is -2.29. The maximum absolute atomic E-state index is 12.1. The minimum Gasteiger partial charge on any atom is -0.273 e. The molecular weight excluding hydrogens is 299 g/mol. The topological polar surface area (TPSA) is 54.9 Å². The summed E-state index contributed by atoms with van der Waals surface area (Å²) >= 11 is 12.2. The zero-order valence-electron chi connectivity index (χ0n) is 10.1. The Morgan fingerprint density at radius 2 is 1.65 bits per heavy atom. The van der Waals surface area contributed by atoms with Crippen molar-refractivity contribution in [3.05, 3.63) is 73.3 Å². The monoisotopic (exact) mass is 306 g/mol. The van der Waals surface area contributed by atoms with E-state index in [1.807, 2.05) is 6.07 Å². The molecule has 1 N–H and O–H groups in total. The quantitative estimate of drug-likeness (QED) is 0.751. The lowest BCUT2D eigenvalue weighted by molar-refractivity contribution is 0.943. The van der Waals surface area contributed by atoms with E-state index in [-0.39, 0.29) is 10.0 Å². The van der Waals surface area contributed by atoms with Crippen LogP contribution in [-0.2, 0) is 0 Å². The number of H-pyrrole nitrogens is 1. The molecule has 0 amide bonds. The highest BCUT2D eigenvalue weighted by Gasteiger charge is 2.14. The molecule has 0 unspecified atom stereocenters. The van der Waals surface area contributed by atoms with Crippen molar-refractivity contribution in [2.45, 2.75) is 0 Å². The molecule has 3 aromatic rings. The molecule has 0 atom stereocenters. The molecule has 0 aliphatic heterocycles. The third kappa shape index (κ3) is 1.94. The molecule has 2 aromatic carbocycles. The number of benzene rings is 2. The molecule has 0 radical (unpaired) electrons. The van der Waals surface area contributed by atoms with E-state index in [4.69, 9.17) is 23.2 Å². The molecule has 0 bridgehead atoms. The second-order valence-electron chi connectivity index (χ2n) is 4.19. The first-order valence-electron chi connectivity index (χ1n) is 5.78. The average Bonchev–Trinajstić information content (AvgIpc) is 2.44. The SMILES string of the molecule is O=c1[nH]c(=O)n(-c2ccccc2)c2c(Cl)c(Cl)ccc12. The zero-order chi connectivity index (χ0) is 14.3.